The van der Waals surface area contributed by atoms with E-state index in [1.807, 2.05) is 0 Å². The number of hydrogen-bond acceptors (Lipinski definition) is 3. The molecular weight excluding hydrogens is 246 g/mol. The van der Waals surface area contributed by atoms with Gasteiger partial charge in [-0.1, -0.05) is 33.6 Å². The van der Waals surface area contributed by atoms with E-state index in [9.17, 15) is 0 Å². The maximum Gasteiger partial charge on any atom is 0.0109 e. The Balaban J connectivity index is 4.02. The van der Waals surface area contributed by atoms with Crippen LogP contribution < -0.4 is 5.73 Å². The monoisotopic (exact) mass is 285 g/mol. The summed E-state index contributed by atoms with van der Waals surface area (Å²) in [6, 6.07) is 0. The van der Waals surface area contributed by atoms with Crippen molar-refractivity contribution in [3.05, 3.63) is 0 Å². The summed E-state index contributed by atoms with van der Waals surface area (Å²) in [7, 11) is 4.32. The summed E-state index contributed by atoms with van der Waals surface area (Å²) in [6.07, 6.45) is 6.52. The molecule has 0 aromatic rings. The van der Waals surface area contributed by atoms with Crippen LogP contribution in [0, 0.1) is 11.8 Å². The van der Waals surface area contributed by atoms with Gasteiger partial charge in [0.05, 0.1) is 0 Å². The highest BCUT2D eigenvalue weighted by Gasteiger charge is 2.10. The molecule has 0 bridgehead atoms. The molecule has 1 unspecified atom stereocenters. The molecule has 0 aliphatic rings. The van der Waals surface area contributed by atoms with E-state index in [-0.39, 0.29) is 0 Å². The van der Waals surface area contributed by atoms with Gasteiger partial charge in [-0.15, -0.1) is 0 Å². The van der Waals surface area contributed by atoms with Gasteiger partial charge in [0.2, 0.25) is 0 Å². The minimum Gasteiger partial charge on any atom is -0.330 e. The topological polar surface area (TPSA) is 32.5 Å². The lowest BCUT2D eigenvalue weighted by Gasteiger charge is -2.26. The van der Waals surface area contributed by atoms with Gasteiger partial charge in [0.15, 0.2) is 0 Å². The van der Waals surface area contributed by atoms with Crippen molar-refractivity contribution in [1.82, 2.24) is 9.80 Å². The van der Waals surface area contributed by atoms with E-state index in [1.54, 1.807) is 0 Å². The third kappa shape index (κ3) is 11.7. The van der Waals surface area contributed by atoms with Gasteiger partial charge in [-0.25, -0.2) is 0 Å². The molecule has 0 radical (unpaired) electrons. The Labute approximate surface area is 127 Å². The van der Waals surface area contributed by atoms with Crippen molar-refractivity contribution in [2.75, 3.05) is 46.8 Å². The van der Waals surface area contributed by atoms with Crippen LogP contribution in [0.5, 0.6) is 0 Å². The molecule has 0 rings (SSSR count). The lowest BCUT2D eigenvalue weighted by atomic mass is 9.94. The van der Waals surface area contributed by atoms with Crippen LogP contribution >= 0.6 is 0 Å². The van der Waals surface area contributed by atoms with Gasteiger partial charge in [-0.05, 0) is 58.3 Å². The first-order valence-electron chi connectivity index (χ1n) is 8.56. The second-order valence-corrected chi connectivity index (χ2v) is 6.87. The maximum atomic E-state index is 5.72. The molecule has 2 N–H and O–H groups in total. The molecule has 0 aliphatic heterocycles. The fraction of sp³-hybridized carbons (Fsp3) is 1.00. The van der Waals surface area contributed by atoms with Gasteiger partial charge in [-0.2, -0.15) is 0 Å². The first-order chi connectivity index (χ1) is 9.49. The van der Waals surface area contributed by atoms with Crippen molar-refractivity contribution in [2.24, 2.45) is 17.6 Å². The zero-order valence-electron chi connectivity index (χ0n) is 14.7. The summed E-state index contributed by atoms with van der Waals surface area (Å²) in [5.41, 5.74) is 5.72. The summed E-state index contributed by atoms with van der Waals surface area (Å²) >= 11 is 0. The van der Waals surface area contributed by atoms with Crippen molar-refractivity contribution >= 4 is 0 Å². The van der Waals surface area contributed by atoms with Gasteiger partial charge >= 0.3 is 0 Å². The normalized spacial score (nSPS) is 13.7. The van der Waals surface area contributed by atoms with E-state index in [2.05, 4.69) is 44.7 Å². The van der Waals surface area contributed by atoms with Gasteiger partial charge in [0.25, 0.3) is 0 Å². The van der Waals surface area contributed by atoms with Crippen LogP contribution in [0.25, 0.3) is 0 Å². The van der Waals surface area contributed by atoms with Crippen LogP contribution in [0.1, 0.15) is 52.9 Å². The minimum atomic E-state index is 0.757. The molecule has 0 fully saturated rings. The zero-order valence-corrected chi connectivity index (χ0v) is 14.7. The number of nitrogens with two attached hydrogens (primary N) is 1. The van der Waals surface area contributed by atoms with Gasteiger partial charge in [0.1, 0.15) is 0 Å². The molecule has 0 saturated heterocycles. The lowest BCUT2D eigenvalue weighted by molar-refractivity contribution is 0.210. The van der Waals surface area contributed by atoms with Crippen LogP contribution in [-0.4, -0.2) is 56.6 Å². The molecule has 0 amide bonds. The molecular formula is C17H39N3. The summed E-state index contributed by atoms with van der Waals surface area (Å²) in [6.45, 7) is 12.6. The summed E-state index contributed by atoms with van der Waals surface area (Å²) < 4.78 is 0. The second kappa shape index (κ2) is 12.6. The third-order valence-electron chi connectivity index (χ3n) is 3.85. The fourth-order valence-electron chi connectivity index (χ4n) is 2.83. The van der Waals surface area contributed by atoms with Gasteiger partial charge in [-0.3, -0.25) is 0 Å². The van der Waals surface area contributed by atoms with Gasteiger partial charge in [0, 0.05) is 19.6 Å². The van der Waals surface area contributed by atoms with Gasteiger partial charge < -0.3 is 15.5 Å². The summed E-state index contributed by atoms with van der Waals surface area (Å²) in [5.74, 6) is 1.60. The lowest BCUT2D eigenvalue weighted by Crippen LogP contribution is -2.35. The Kier molecular flexibility index (Phi) is 12.5. The predicted octanol–water partition coefficient (Wildman–Crippen LogP) is 3.05. The van der Waals surface area contributed by atoms with Crippen molar-refractivity contribution in [3.8, 4) is 0 Å². The van der Waals surface area contributed by atoms with E-state index in [0.29, 0.717) is 0 Å². The number of likely N-dealkylation sites (N-methyl/N-ethyl adjacent to an activating group) is 1. The van der Waals surface area contributed by atoms with Crippen molar-refractivity contribution in [3.63, 3.8) is 0 Å². The number of rotatable bonds is 13. The van der Waals surface area contributed by atoms with E-state index < -0.39 is 0 Å². The Hall–Kier alpha value is -0.120. The van der Waals surface area contributed by atoms with Crippen LogP contribution in [-0.2, 0) is 0 Å². The van der Waals surface area contributed by atoms with Crippen LogP contribution in [0.3, 0.4) is 0 Å². The van der Waals surface area contributed by atoms with Crippen molar-refractivity contribution < 1.29 is 0 Å². The molecule has 20 heavy (non-hydrogen) atoms. The number of hydrogen-bond donors (Lipinski definition) is 1. The van der Waals surface area contributed by atoms with E-state index in [1.165, 1.54) is 51.7 Å². The van der Waals surface area contributed by atoms with Crippen LogP contribution in [0.15, 0.2) is 0 Å². The molecule has 0 aliphatic carbocycles. The smallest absolute Gasteiger partial charge is 0.0109 e. The molecule has 0 aromatic carbocycles. The van der Waals surface area contributed by atoms with Crippen molar-refractivity contribution in [1.29, 1.82) is 0 Å². The third-order valence-corrected chi connectivity index (χ3v) is 3.85. The van der Waals surface area contributed by atoms with Crippen molar-refractivity contribution in [2.45, 2.75) is 52.9 Å². The molecule has 0 spiro atoms. The van der Waals surface area contributed by atoms with E-state index in [4.69, 9.17) is 5.73 Å². The average Bonchev–Trinajstić information content (AvgIpc) is 2.35. The minimum absolute atomic E-state index is 0.757. The molecule has 0 saturated carbocycles. The quantitative estimate of drug-likeness (QED) is 0.564. The van der Waals surface area contributed by atoms with E-state index in [0.717, 1.165) is 24.9 Å². The standard InChI is InChI=1S/C17H39N3/c1-6-8-17(10-11-18)9-7-12-20(15-16(2)3)14-13-19(4)5/h16-17H,6-15,18H2,1-5H3. The highest BCUT2D eigenvalue weighted by molar-refractivity contribution is 4.65. The highest BCUT2D eigenvalue weighted by Crippen LogP contribution is 2.17. The number of nitrogens with zero attached hydrogens (tertiary/aromatic N) is 2. The Morgan fingerprint density at radius 3 is 2.15 bits per heavy atom. The fourth-order valence-corrected chi connectivity index (χ4v) is 2.83. The first kappa shape index (κ1) is 19.9. The highest BCUT2D eigenvalue weighted by atomic mass is 15.2. The summed E-state index contributed by atoms with van der Waals surface area (Å²) in [5, 5.41) is 0. The zero-order chi connectivity index (χ0) is 15.4. The molecule has 0 aromatic heterocycles. The average molecular weight is 286 g/mol. The first-order valence-corrected chi connectivity index (χ1v) is 8.56. The molecule has 122 valence electrons. The van der Waals surface area contributed by atoms with E-state index >= 15 is 0 Å². The SMILES string of the molecule is CCCC(CCN)CCCN(CCN(C)C)CC(C)C. The van der Waals surface area contributed by atoms with Crippen LogP contribution in [0.4, 0.5) is 0 Å². The summed E-state index contributed by atoms with van der Waals surface area (Å²) in [4.78, 5) is 4.91. The molecule has 3 heteroatoms. The second-order valence-electron chi connectivity index (χ2n) is 6.87. The maximum absolute atomic E-state index is 5.72. The Morgan fingerprint density at radius 1 is 0.950 bits per heavy atom. The predicted molar refractivity (Wildman–Crippen MR) is 91.1 cm³/mol. The molecule has 1 atom stereocenters. The Bertz CT molecular complexity index is 198. The molecule has 0 heterocycles. The van der Waals surface area contributed by atoms with Crippen LogP contribution in [0.2, 0.25) is 0 Å². The largest absolute Gasteiger partial charge is 0.330 e. The Morgan fingerprint density at radius 2 is 1.65 bits per heavy atom. The molecule has 3 nitrogen and oxygen atoms in total.